The lowest BCUT2D eigenvalue weighted by molar-refractivity contribution is 0.162. The fourth-order valence-corrected chi connectivity index (χ4v) is 3.22. The summed E-state index contributed by atoms with van der Waals surface area (Å²) >= 11 is 0. The van der Waals surface area contributed by atoms with Crippen LogP contribution in [0.4, 0.5) is 5.69 Å². The molecule has 3 heteroatoms. The molecule has 1 aliphatic rings. The van der Waals surface area contributed by atoms with Gasteiger partial charge in [0.2, 0.25) is 0 Å². The van der Waals surface area contributed by atoms with Gasteiger partial charge in [0.1, 0.15) is 5.75 Å². The summed E-state index contributed by atoms with van der Waals surface area (Å²) in [5.74, 6) is 1.55. The van der Waals surface area contributed by atoms with Crippen LogP contribution in [0.2, 0.25) is 0 Å². The Hall–Kier alpha value is -1.22. The summed E-state index contributed by atoms with van der Waals surface area (Å²) < 4.78 is 5.80. The van der Waals surface area contributed by atoms with E-state index >= 15 is 0 Å². The molecule has 0 unspecified atom stereocenters. The van der Waals surface area contributed by atoms with E-state index in [9.17, 15) is 0 Å². The van der Waals surface area contributed by atoms with E-state index in [1.54, 1.807) is 0 Å². The van der Waals surface area contributed by atoms with Crippen LogP contribution in [-0.2, 0) is 0 Å². The first kappa shape index (κ1) is 16.2. The van der Waals surface area contributed by atoms with E-state index in [4.69, 9.17) is 10.5 Å². The molecular weight excluding hydrogens is 260 g/mol. The van der Waals surface area contributed by atoms with Crippen molar-refractivity contribution in [2.24, 2.45) is 5.92 Å². The number of nitrogens with two attached hydrogens (primary N) is 1. The van der Waals surface area contributed by atoms with Gasteiger partial charge in [0.15, 0.2) is 0 Å². The lowest BCUT2D eigenvalue weighted by atomic mass is 10.1. The van der Waals surface area contributed by atoms with Gasteiger partial charge in [0, 0.05) is 19.1 Å². The zero-order chi connectivity index (χ0) is 15.1. The summed E-state index contributed by atoms with van der Waals surface area (Å²) in [5.41, 5.74) is 6.62. The molecule has 1 aromatic rings. The standard InChI is InChI=1S/C18H30N2O/c1-15(2)14-20(16-8-3-4-9-16)12-7-13-21-18-11-6-5-10-17(18)19/h5-6,10-11,15-16H,3-4,7-9,12-14,19H2,1-2H3. The minimum atomic E-state index is 0.729. The van der Waals surface area contributed by atoms with Gasteiger partial charge in [-0.25, -0.2) is 0 Å². The minimum Gasteiger partial charge on any atom is -0.491 e. The van der Waals surface area contributed by atoms with Gasteiger partial charge in [-0.05, 0) is 37.3 Å². The summed E-state index contributed by atoms with van der Waals surface area (Å²) in [6, 6.07) is 8.54. The second-order valence-corrected chi connectivity index (χ2v) is 6.57. The van der Waals surface area contributed by atoms with E-state index in [2.05, 4.69) is 18.7 Å². The molecule has 0 atom stereocenters. The largest absolute Gasteiger partial charge is 0.491 e. The number of anilines is 1. The van der Waals surface area contributed by atoms with Gasteiger partial charge in [0.05, 0.1) is 12.3 Å². The van der Waals surface area contributed by atoms with Crippen LogP contribution < -0.4 is 10.5 Å². The molecule has 0 radical (unpaired) electrons. The highest BCUT2D eigenvalue weighted by molar-refractivity contribution is 5.51. The van der Waals surface area contributed by atoms with Crippen molar-refractivity contribution in [3.63, 3.8) is 0 Å². The number of hydrogen-bond acceptors (Lipinski definition) is 3. The van der Waals surface area contributed by atoms with Gasteiger partial charge in [0.25, 0.3) is 0 Å². The number of nitrogen functional groups attached to an aromatic ring is 1. The number of rotatable bonds is 8. The Balaban J connectivity index is 1.75. The van der Waals surface area contributed by atoms with Crippen molar-refractivity contribution < 1.29 is 4.74 Å². The van der Waals surface area contributed by atoms with Crippen molar-refractivity contribution in [1.82, 2.24) is 4.90 Å². The van der Waals surface area contributed by atoms with Crippen molar-refractivity contribution in [1.29, 1.82) is 0 Å². The third-order valence-electron chi connectivity index (χ3n) is 4.21. The maximum atomic E-state index is 5.89. The summed E-state index contributed by atoms with van der Waals surface area (Å²) in [5, 5.41) is 0. The van der Waals surface area contributed by atoms with Gasteiger partial charge in [-0.2, -0.15) is 0 Å². The Morgan fingerprint density at radius 1 is 1.24 bits per heavy atom. The topological polar surface area (TPSA) is 38.5 Å². The zero-order valence-corrected chi connectivity index (χ0v) is 13.6. The zero-order valence-electron chi connectivity index (χ0n) is 13.6. The third kappa shape index (κ3) is 5.24. The van der Waals surface area contributed by atoms with Crippen molar-refractivity contribution in [2.75, 3.05) is 25.4 Å². The van der Waals surface area contributed by atoms with Gasteiger partial charge in [-0.15, -0.1) is 0 Å². The van der Waals surface area contributed by atoms with Gasteiger partial charge >= 0.3 is 0 Å². The quantitative estimate of drug-likeness (QED) is 0.582. The lowest BCUT2D eigenvalue weighted by Crippen LogP contribution is -2.37. The Kier molecular flexibility index (Phi) is 6.37. The molecule has 2 N–H and O–H groups in total. The van der Waals surface area contributed by atoms with Crippen molar-refractivity contribution in [3.8, 4) is 5.75 Å². The summed E-state index contributed by atoms with van der Waals surface area (Å²) in [6.07, 6.45) is 6.61. The molecule has 1 aromatic carbocycles. The summed E-state index contributed by atoms with van der Waals surface area (Å²) in [4.78, 5) is 2.68. The molecule has 0 bridgehead atoms. The Morgan fingerprint density at radius 2 is 1.95 bits per heavy atom. The average molecular weight is 290 g/mol. The molecule has 0 spiro atoms. The highest BCUT2D eigenvalue weighted by Gasteiger charge is 2.22. The molecule has 0 aromatic heterocycles. The monoisotopic (exact) mass is 290 g/mol. The summed E-state index contributed by atoms with van der Waals surface area (Å²) in [7, 11) is 0. The molecule has 2 rings (SSSR count). The molecule has 3 nitrogen and oxygen atoms in total. The average Bonchev–Trinajstić information content (AvgIpc) is 2.97. The highest BCUT2D eigenvalue weighted by atomic mass is 16.5. The van der Waals surface area contributed by atoms with E-state index in [1.165, 1.54) is 32.2 Å². The number of nitrogens with zero attached hydrogens (tertiary/aromatic N) is 1. The predicted molar refractivity (Wildman–Crippen MR) is 89.6 cm³/mol. The Morgan fingerprint density at radius 3 is 2.62 bits per heavy atom. The number of hydrogen-bond donors (Lipinski definition) is 1. The normalized spacial score (nSPS) is 16.0. The number of ether oxygens (including phenoxy) is 1. The molecule has 118 valence electrons. The molecule has 0 saturated heterocycles. The molecule has 0 aliphatic heterocycles. The maximum Gasteiger partial charge on any atom is 0.142 e. The Labute approximate surface area is 129 Å². The van der Waals surface area contributed by atoms with Gasteiger partial charge in [-0.1, -0.05) is 38.8 Å². The molecule has 1 saturated carbocycles. The molecular formula is C18H30N2O. The smallest absolute Gasteiger partial charge is 0.142 e. The second-order valence-electron chi connectivity index (χ2n) is 6.57. The SMILES string of the molecule is CC(C)CN(CCCOc1ccccc1N)C1CCCC1. The van der Waals surface area contributed by atoms with E-state index in [0.29, 0.717) is 0 Å². The molecule has 1 aliphatic carbocycles. The predicted octanol–water partition coefficient (Wildman–Crippen LogP) is 3.94. The first-order valence-corrected chi connectivity index (χ1v) is 8.38. The van der Waals surface area contributed by atoms with Crippen LogP contribution in [0.3, 0.4) is 0 Å². The van der Waals surface area contributed by atoms with Crippen LogP contribution >= 0.6 is 0 Å². The fraction of sp³-hybridized carbons (Fsp3) is 0.667. The van der Waals surface area contributed by atoms with Crippen LogP contribution in [0.5, 0.6) is 5.75 Å². The number of benzene rings is 1. The maximum absolute atomic E-state index is 5.89. The van der Waals surface area contributed by atoms with E-state index in [-0.39, 0.29) is 0 Å². The third-order valence-corrected chi connectivity index (χ3v) is 4.21. The molecule has 21 heavy (non-hydrogen) atoms. The molecule has 1 fully saturated rings. The fourth-order valence-electron chi connectivity index (χ4n) is 3.22. The lowest BCUT2D eigenvalue weighted by Gasteiger charge is -2.30. The van der Waals surface area contributed by atoms with E-state index in [0.717, 1.165) is 43.0 Å². The molecule has 0 amide bonds. The first-order valence-electron chi connectivity index (χ1n) is 8.38. The Bertz CT molecular complexity index is 413. The minimum absolute atomic E-state index is 0.729. The van der Waals surface area contributed by atoms with E-state index < -0.39 is 0 Å². The highest BCUT2D eigenvalue weighted by Crippen LogP contribution is 2.24. The van der Waals surface area contributed by atoms with Gasteiger partial charge in [-0.3, -0.25) is 0 Å². The van der Waals surface area contributed by atoms with Gasteiger partial charge < -0.3 is 15.4 Å². The molecule has 0 heterocycles. The second kappa shape index (κ2) is 8.28. The van der Waals surface area contributed by atoms with Crippen LogP contribution in [0.15, 0.2) is 24.3 Å². The summed E-state index contributed by atoms with van der Waals surface area (Å²) in [6.45, 7) is 7.70. The van der Waals surface area contributed by atoms with Crippen LogP contribution in [0.1, 0.15) is 46.0 Å². The van der Waals surface area contributed by atoms with Crippen LogP contribution in [0, 0.1) is 5.92 Å². The van der Waals surface area contributed by atoms with Crippen molar-refractivity contribution in [2.45, 2.75) is 52.0 Å². The van der Waals surface area contributed by atoms with Crippen LogP contribution in [-0.4, -0.2) is 30.6 Å². The number of para-hydroxylation sites is 2. The first-order chi connectivity index (χ1) is 10.2. The van der Waals surface area contributed by atoms with E-state index in [1.807, 2.05) is 24.3 Å². The van der Waals surface area contributed by atoms with Crippen molar-refractivity contribution in [3.05, 3.63) is 24.3 Å². The van der Waals surface area contributed by atoms with Crippen LogP contribution in [0.25, 0.3) is 0 Å². The van der Waals surface area contributed by atoms with Crippen molar-refractivity contribution >= 4 is 5.69 Å².